The van der Waals surface area contributed by atoms with Crippen molar-refractivity contribution in [3.8, 4) is 34.1 Å². The summed E-state index contributed by atoms with van der Waals surface area (Å²) in [7, 11) is 0. The number of hydrogen-bond acceptors (Lipinski definition) is 12. The van der Waals surface area contributed by atoms with Crippen LogP contribution in [0.25, 0.3) is 44.6 Å². The van der Waals surface area contributed by atoms with Crippen LogP contribution in [0.3, 0.4) is 0 Å². The van der Waals surface area contributed by atoms with Gasteiger partial charge < -0.3 is 38.4 Å². The molecule has 0 saturated carbocycles. The third-order valence-corrected chi connectivity index (χ3v) is 10.9. The van der Waals surface area contributed by atoms with Crippen molar-refractivity contribution in [2.45, 2.75) is 25.0 Å². The summed E-state index contributed by atoms with van der Waals surface area (Å²) in [5.74, 6) is 0.114. The molecule has 6 aromatic carbocycles. The van der Waals surface area contributed by atoms with Gasteiger partial charge in [-0.05, 0) is 73.5 Å². The van der Waals surface area contributed by atoms with Crippen molar-refractivity contribution in [2.75, 3.05) is 39.4 Å². The number of fused-ring (bicyclic) bond motifs is 2. The first-order valence-corrected chi connectivity index (χ1v) is 22.4. The van der Waals surface area contributed by atoms with Crippen molar-refractivity contribution in [3.63, 3.8) is 0 Å². The molecule has 0 aliphatic rings. The Morgan fingerprint density at radius 1 is 0.485 bits per heavy atom. The number of esters is 2. The lowest BCUT2D eigenvalue weighted by Gasteiger charge is -2.19. The molecule has 0 radical (unpaired) electrons. The minimum absolute atomic E-state index is 0.0553. The Bertz CT molecular complexity index is 2860. The van der Waals surface area contributed by atoms with Crippen LogP contribution < -0.4 is 31.0 Å². The standard InChI is InChI=1S/C56H50N2O10/c59-49-33-53(41-17-9-3-10-18-41)67-51-23-21-43(31-47(49)51)63-37-45(35-57-29-27-39-13-5-1-6-14-39)65-55(61)25-26-56(62)66-46(36-58-30-28-40-15-7-2-8-16-40)38-64-44-22-24-52-48(32-44)50(60)34-54(68-52)42-19-11-4-12-20-42/h1-26,31-34,45-46,57-58H,27-30,35-38H2/b26-25-. The fraction of sp³-hybridized carbons (Fsp3) is 0.179. The molecule has 0 amide bonds. The number of ether oxygens (including phenoxy) is 4. The first-order chi connectivity index (χ1) is 33.3. The van der Waals surface area contributed by atoms with Gasteiger partial charge in [-0.15, -0.1) is 0 Å². The molecule has 68 heavy (non-hydrogen) atoms. The van der Waals surface area contributed by atoms with Crippen LogP contribution in [0.2, 0.25) is 0 Å². The maximum Gasteiger partial charge on any atom is 0.331 e. The minimum atomic E-state index is -0.785. The summed E-state index contributed by atoms with van der Waals surface area (Å²) in [5, 5.41) is 7.35. The van der Waals surface area contributed by atoms with E-state index in [9.17, 15) is 19.2 Å². The predicted octanol–water partition coefficient (Wildman–Crippen LogP) is 8.74. The second-order valence-electron chi connectivity index (χ2n) is 16.0. The van der Waals surface area contributed by atoms with Crippen molar-refractivity contribution in [1.29, 1.82) is 0 Å². The molecule has 8 aromatic rings. The second-order valence-corrected chi connectivity index (χ2v) is 16.0. The zero-order valence-corrected chi connectivity index (χ0v) is 37.2. The van der Waals surface area contributed by atoms with Gasteiger partial charge in [0.05, 0.1) is 10.8 Å². The van der Waals surface area contributed by atoms with Crippen LogP contribution in [0, 0.1) is 0 Å². The van der Waals surface area contributed by atoms with Gasteiger partial charge in [0.1, 0.15) is 59.6 Å². The van der Waals surface area contributed by atoms with Gasteiger partial charge in [0.25, 0.3) is 0 Å². The van der Waals surface area contributed by atoms with E-state index in [1.54, 1.807) is 36.4 Å². The molecule has 2 aromatic heterocycles. The topological polar surface area (TPSA) is 156 Å². The van der Waals surface area contributed by atoms with Gasteiger partial charge in [-0.2, -0.15) is 0 Å². The first-order valence-electron chi connectivity index (χ1n) is 22.4. The van der Waals surface area contributed by atoms with Gasteiger partial charge in [0.15, 0.2) is 10.9 Å². The van der Waals surface area contributed by atoms with Gasteiger partial charge in [-0.1, -0.05) is 121 Å². The van der Waals surface area contributed by atoms with E-state index in [1.165, 1.54) is 12.1 Å². The lowest BCUT2D eigenvalue weighted by molar-refractivity contribution is -0.147. The lowest BCUT2D eigenvalue weighted by Crippen LogP contribution is -2.36. The summed E-state index contributed by atoms with van der Waals surface area (Å²) in [6.07, 6.45) is 1.96. The maximum absolute atomic E-state index is 13.2. The summed E-state index contributed by atoms with van der Waals surface area (Å²) in [6.45, 7) is 1.58. The molecule has 12 nitrogen and oxygen atoms in total. The second kappa shape index (κ2) is 23.4. The van der Waals surface area contributed by atoms with Crippen LogP contribution in [0.1, 0.15) is 11.1 Å². The average molecular weight is 911 g/mol. The number of carbonyl (C=O) groups excluding carboxylic acids is 2. The molecule has 0 aliphatic carbocycles. The van der Waals surface area contributed by atoms with E-state index in [2.05, 4.69) is 10.6 Å². The van der Waals surface area contributed by atoms with E-state index >= 15 is 0 Å². The van der Waals surface area contributed by atoms with Crippen LogP contribution in [0.15, 0.2) is 200 Å². The predicted molar refractivity (Wildman–Crippen MR) is 262 cm³/mol. The monoisotopic (exact) mass is 910 g/mol. The molecule has 12 heteroatoms. The molecule has 0 bridgehead atoms. The number of carbonyl (C=O) groups is 2. The van der Waals surface area contributed by atoms with Crippen molar-refractivity contribution in [3.05, 3.63) is 214 Å². The normalized spacial score (nSPS) is 12.2. The quantitative estimate of drug-likeness (QED) is 0.0380. The van der Waals surface area contributed by atoms with Gasteiger partial charge in [0.2, 0.25) is 0 Å². The fourth-order valence-electron chi connectivity index (χ4n) is 7.41. The zero-order valence-electron chi connectivity index (χ0n) is 37.2. The molecule has 8 rings (SSSR count). The molecule has 2 N–H and O–H groups in total. The van der Waals surface area contributed by atoms with E-state index in [0.717, 1.165) is 47.2 Å². The van der Waals surface area contributed by atoms with Crippen LogP contribution >= 0.6 is 0 Å². The highest BCUT2D eigenvalue weighted by Gasteiger charge is 2.19. The third kappa shape index (κ3) is 13.3. The Morgan fingerprint density at radius 3 is 1.26 bits per heavy atom. The zero-order chi connectivity index (χ0) is 46.9. The van der Waals surface area contributed by atoms with E-state index < -0.39 is 24.1 Å². The number of hydrogen-bond donors (Lipinski definition) is 2. The van der Waals surface area contributed by atoms with Crippen LogP contribution in [-0.2, 0) is 31.9 Å². The minimum Gasteiger partial charge on any atom is -0.490 e. The van der Waals surface area contributed by atoms with Gasteiger partial charge >= 0.3 is 11.9 Å². The van der Waals surface area contributed by atoms with Crippen LogP contribution in [-0.4, -0.2) is 63.5 Å². The van der Waals surface area contributed by atoms with Gasteiger partial charge in [-0.3, -0.25) is 9.59 Å². The fourth-order valence-corrected chi connectivity index (χ4v) is 7.41. The van der Waals surface area contributed by atoms with Crippen molar-refractivity contribution in [2.24, 2.45) is 0 Å². The van der Waals surface area contributed by atoms with E-state index in [0.29, 0.717) is 58.0 Å². The third-order valence-electron chi connectivity index (χ3n) is 10.9. The van der Waals surface area contributed by atoms with E-state index in [-0.39, 0.29) is 37.2 Å². The molecule has 0 fully saturated rings. The highest BCUT2D eigenvalue weighted by atomic mass is 16.6. The Kier molecular flexibility index (Phi) is 16.0. The molecule has 0 spiro atoms. The molecular weight excluding hydrogens is 861 g/mol. The summed E-state index contributed by atoms with van der Waals surface area (Å²) < 4.78 is 35.8. The Morgan fingerprint density at radius 2 is 0.868 bits per heavy atom. The maximum atomic E-state index is 13.2. The smallest absolute Gasteiger partial charge is 0.331 e. The Labute approximate surface area is 392 Å². The van der Waals surface area contributed by atoms with Gasteiger partial charge in [0, 0.05) is 48.5 Å². The molecule has 2 heterocycles. The van der Waals surface area contributed by atoms with Crippen LogP contribution in [0.5, 0.6) is 11.5 Å². The first kappa shape index (κ1) is 46.5. The van der Waals surface area contributed by atoms with Gasteiger partial charge in [-0.25, -0.2) is 9.59 Å². The van der Waals surface area contributed by atoms with E-state index in [1.807, 2.05) is 121 Å². The van der Waals surface area contributed by atoms with E-state index in [4.69, 9.17) is 27.8 Å². The molecule has 344 valence electrons. The number of rotatable bonds is 22. The molecule has 0 saturated heterocycles. The van der Waals surface area contributed by atoms with Crippen LogP contribution in [0.4, 0.5) is 0 Å². The SMILES string of the molecule is O=C(/C=C\C(=O)OC(CNCCc1ccccc1)COc1ccc2oc(-c3ccccc3)cc(=O)c2c1)OC(CNCCc1ccccc1)COc1ccc2oc(-c3ccccc3)cc(=O)c2c1. The lowest BCUT2D eigenvalue weighted by atomic mass is 10.1. The van der Waals surface area contributed by atoms with Crippen molar-refractivity contribution in [1.82, 2.24) is 10.6 Å². The average Bonchev–Trinajstić information content (AvgIpc) is 3.37. The molecule has 0 aliphatic heterocycles. The summed E-state index contributed by atoms with van der Waals surface area (Å²) in [6, 6.07) is 51.5. The number of benzene rings is 6. The summed E-state index contributed by atoms with van der Waals surface area (Å²) in [5.41, 5.74) is 4.22. The van der Waals surface area contributed by atoms with Crippen molar-refractivity contribution >= 4 is 33.9 Å². The van der Waals surface area contributed by atoms with Crippen molar-refractivity contribution < 1.29 is 37.4 Å². The highest BCUT2D eigenvalue weighted by Crippen LogP contribution is 2.26. The molecular formula is C56H50N2O10. The molecule has 2 atom stereocenters. The summed E-state index contributed by atoms with van der Waals surface area (Å²) in [4.78, 5) is 52.8. The largest absolute Gasteiger partial charge is 0.490 e. The molecule has 2 unspecified atom stereocenters. The number of nitrogens with one attached hydrogen (secondary N) is 2. The highest BCUT2D eigenvalue weighted by molar-refractivity contribution is 5.92. The summed E-state index contributed by atoms with van der Waals surface area (Å²) >= 11 is 0. The Hall–Kier alpha value is -8.06. The Balaban J connectivity index is 0.904.